The zero-order valence-corrected chi connectivity index (χ0v) is 14.8. The first-order chi connectivity index (χ1) is 11.9. The van der Waals surface area contributed by atoms with Crippen LogP contribution < -0.4 is 10.3 Å². The molecule has 6 heteroatoms. The van der Waals surface area contributed by atoms with Gasteiger partial charge in [0.1, 0.15) is 5.71 Å². The number of halogens is 1. The molecule has 1 N–H and O–H groups in total. The molecule has 0 radical (unpaired) electrons. The Hall–Kier alpha value is -2.66. The quantitative estimate of drug-likeness (QED) is 0.901. The van der Waals surface area contributed by atoms with E-state index < -0.39 is 0 Å². The van der Waals surface area contributed by atoms with Crippen molar-refractivity contribution >= 4 is 40.5 Å². The van der Waals surface area contributed by atoms with Crippen molar-refractivity contribution in [1.29, 1.82) is 0 Å². The number of carbonyl (C=O) groups is 2. The molecule has 0 spiro atoms. The van der Waals surface area contributed by atoms with Gasteiger partial charge in [-0.2, -0.15) is 5.10 Å². The Morgan fingerprint density at radius 3 is 2.36 bits per heavy atom. The van der Waals surface area contributed by atoms with Gasteiger partial charge >= 0.3 is 0 Å². The third-order valence-corrected chi connectivity index (χ3v) is 4.10. The van der Waals surface area contributed by atoms with Gasteiger partial charge in [0, 0.05) is 23.6 Å². The predicted molar refractivity (Wildman–Crippen MR) is 100 cm³/mol. The molecule has 2 aromatic rings. The molecular weight excluding hydrogens is 338 g/mol. The third kappa shape index (κ3) is 4.06. The van der Waals surface area contributed by atoms with Gasteiger partial charge in [0.25, 0.3) is 5.91 Å². The fourth-order valence-electron chi connectivity index (χ4n) is 2.75. The summed E-state index contributed by atoms with van der Waals surface area (Å²) in [6.07, 6.45) is 0.557. The first kappa shape index (κ1) is 17.2. The molecule has 0 atom stereocenters. The van der Waals surface area contributed by atoms with Crippen LogP contribution in [0.2, 0.25) is 5.02 Å². The second-order valence-electron chi connectivity index (χ2n) is 6.06. The number of aryl methyl sites for hydroxylation is 2. The second-order valence-corrected chi connectivity index (χ2v) is 6.50. The van der Waals surface area contributed by atoms with Crippen LogP contribution in [-0.4, -0.2) is 17.5 Å². The van der Waals surface area contributed by atoms with Gasteiger partial charge in [0.2, 0.25) is 5.91 Å². The van der Waals surface area contributed by atoms with Gasteiger partial charge in [-0.15, -0.1) is 0 Å². The lowest BCUT2D eigenvalue weighted by atomic mass is 10.1. The largest absolute Gasteiger partial charge is 0.321 e. The van der Waals surface area contributed by atoms with Gasteiger partial charge in [-0.3, -0.25) is 9.59 Å². The predicted octanol–water partition coefficient (Wildman–Crippen LogP) is 4.08. The number of benzene rings is 2. The van der Waals surface area contributed by atoms with Crippen LogP contribution >= 0.6 is 11.6 Å². The molecule has 1 aliphatic heterocycles. The van der Waals surface area contributed by atoms with Crippen LogP contribution in [0, 0.1) is 13.8 Å². The monoisotopic (exact) mass is 355 g/mol. The van der Waals surface area contributed by atoms with Crippen LogP contribution in [0.15, 0.2) is 47.6 Å². The van der Waals surface area contributed by atoms with Crippen molar-refractivity contribution in [1.82, 2.24) is 0 Å². The minimum absolute atomic E-state index is 0.148. The maximum absolute atomic E-state index is 12.5. The van der Waals surface area contributed by atoms with Crippen molar-refractivity contribution in [2.45, 2.75) is 26.7 Å². The highest BCUT2D eigenvalue weighted by atomic mass is 35.5. The van der Waals surface area contributed by atoms with Crippen LogP contribution in [0.4, 0.5) is 11.4 Å². The molecule has 25 heavy (non-hydrogen) atoms. The second kappa shape index (κ2) is 7.07. The van der Waals surface area contributed by atoms with Gasteiger partial charge in [-0.25, -0.2) is 5.01 Å². The minimum atomic E-state index is -0.295. The standard InChI is InChI=1S/C19H18ClN3O2/c1-12-9-13(2)11-15(10-12)21-19(25)17-7-8-18(24)23(22-17)16-5-3-14(20)4-6-16/h3-6,9-11H,7-8H2,1-2H3,(H,21,25). The molecule has 1 aliphatic rings. The summed E-state index contributed by atoms with van der Waals surface area (Å²) in [6, 6.07) is 12.6. The maximum atomic E-state index is 12.5. The lowest BCUT2D eigenvalue weighted by Gasteiger charge is -2.23. The Morgan fingerprint density at radius 2 is 1.72 bits per heavy atom. The molecule has 2 aromatic carbocycles. The fourth-order valence-corrected chi connectivity index (χ4v) is 2.88. The summed E-state index contributed by atoms with van der Waals surface area (Å²) in [5.74, 6) is -0.443. The highest BCUT2D eigenvalue weighted by Gasteiger charge is 2.25. The maximum Gasteiger partial charge on any atom is 0.271 e. The van der Waals surface area contributed by atoms with Gasteiger partial charge < -0.3 is 5.32 Å². The lowest BCUT2D eigenvalue weighted by Crippen LogP contribution is -2.36. The van der Waals surface area contributed by atoms with Crippen molar-refractivity contribution < 1.29 is 9.59 Å². The summed E-state index contributed by atoms with van der Waals surface area (Å²) in [5.41, 5.74) is 3.78. The van der Waals surface area contributed by atoms with Gasteiger partial charge in [0.15, 0.2) is 0 Å². The molecule has 0 fully saturated rings. The summed E-state index contributed by atoms with van der Waals surface area (Å²) in [4.78, 5) is 24.7. The Bertz CT molecular complexity index is 839. The average Bonchev–Trinajstić information content (AvgIpc) is 2.55. The van der Waals surface area contributed by atoms with E-state index in [0.717, 1.165) is 16.8 Å². The van der Waals surface area contributed by atoms with E-state index in [9.17, 15) is 9.59 Å². The van der Waals surface area contributed by atoms with E-state index in [4.69, 9.17) is 11.6 Å². The third-order valence-electron chi connectivity index (χ3n) is 3.85. The fraction of sp³-hybridized carbons (Fsp3) is 0.211. The summed E-state index contributed by atoms with van der Waals surface area (Å²) in [6.45, 7) is 3.95. The number of amides is 2. The van der Waals surface area contributed by atoms with E-state index in [1.54, 1.807) is 24.3 Å². The molecule has 0 unspecified atom stereocenters. The highest BCUT2D eigenvalue weighted by Crippen LogP contribution is 2.23. The first-order valence-electron chi connectivity index (χ1n) is 7.98. The Morgan fingerprint density at radius 1 is 1.08 bits per heavy atom. The Labute approximate surface area is 151 Å². The highest BCUT2D eigenvalue weighted by molar-refractivity contribution is 6.44. The van der Waals surface area contributed by atoms with Gasteiger partial charge in [-0.1, -0.05) is 17.7 Å². The van der Waals surface area contributed by atoms with Crippen LogP contribution in [-0.2, 0) is 9.59 Å². The lowest BCUT2D eigenvalue weighted by molar-refractivity contribution is -0.118. The van der Waals surface area contributed by atoms with Crippen LogP contribution in [0.3, 0.4) is 0 Å². The minimum Gasteiger partial charge on any atom is -0.321 e. The number of anilines is 2. The SMILES string of the molecule is Cc1cc(C)cc(NC(=O)C2=NN(c3ccc(Cl)cc3)C(=O)CC2)c1. The van der Waals surface area contributed by atoms with Crippen molar-refractivity contribution in [3.8, 4) is 0 Å². The van der Waals surface area contributed by atoms with Crippen molar-refractivity contribution in [2.75, 3.05) is 10.3 Å². The number of nitrogens with zero attached hydrogens (tertiary/aromatic N) is 2. The zero-order chi connectivity index (χ0) is 18.0. The van der Waals surface area contributed by atoms with E-state index >= 15 is 0 Å². The molecule has 3 rings (SSSR count). The van der Waals surface area contributed by atoms with Crippen LogP contribution in [0.25, 0.3) is 0 Å². The molecule has 0 saturated heterocycles. The Balaban J connectivity index is 1.83. The van der Waals surface area contributed by atoms with Crippen LogP contribution in [0.1, 0.15) is 24.0 Å². The van der Waals surface area contributed by atoms with E-state index in [0.29, 0.717) is 22.8 Å². The molecule has 1 heterocycles. The van der Waals surface area contributed by atoms with E-state index in [-0.39, 0.29) is 18.2 Å². The summed E-state index contributed by atoms with van der Waals surface area (Å²) in [5, 5.41) is 8.94. The van der Waals surface area contributed by atoms with Crippen LogP contribution in [0.5, 0.6) is 0 Å². The van der Waals surface area contributed by atoms with Crippen molar-refractivity contribution in [3.05, 3.63) is 58.6 Å². The summed E-state index contributed by atoms with van der Waals surface area (Å²) >= 11 is 5.88. The van der Waals surface area contributed by atoms with Gasteiger partial charge in [-0.05, 0) is 61.4 Å². The smallest absolute Gasteiger partial charge is 0.271 e. The van der Waals surface area contributed by atoms with E-state index in [2.05, 4.69) is 10.4 Å². The topological polar surface area (TPSA) is 61.8 Å². The molecule has 0 aromatic heterocycles. The average molecular weight is 356 g/mol. The summed E-state index contributed by atoms with van der Waals surface area (Å²) < 4.78 is 0. The number of nitrogens with one attached hydrogen (secondary N) is 1. The molecule has 128 valence electrons. The number of hydrogen-bond acceptors (Lipinski definition) is 3. The molecule has 2 amide bonds. The van der Waals surface area contributed by atoms with Gasteiger partial charge in [0.05, 0.1) is 5.69 Å². The molecule has 5 nitrogen and oxygen atoms in total. The normalized spacial score (nSPS) is 14.3. The molecular formula is C19H18ClN3O2. The molecule has 0 bridgehead atoms. The summed E-state index contributed by atoms with van der Waals surface area (Å²) in [7, 11) is 0. The number of rotatable bonds is 3. The number of carbonyl (C=O) groups excluding carboxylic acids is 2. The van der Waals surface area contributed by atoms with E-state index in [1.807, 2.05) is 32.0 Å². The van der Waals surface area contributed by atoms with Crippen molar-refractivity contribution in [3.63, 3.8) is 0 Å². The first-order valence-corrected chi connectivity index (χ1v) is 8.36. The van der Waals surface area contributed by atoms with Crippen molar-refractivity contribution in [2.24, 2.45) is 5.10 Å². The number of hydrogen-bond donors (Lipinski definition) is 1. The molecule has 0 aliphatic carbocycles. The Kier molecular flexibility index (Phi) is 4.86. The number of hydrazone groups is 1. The zero-order valence-electron chi connectivity index (χ0n) is 14.0. The van der Waals surface area contributed by atoms with E-state index in [1.165, 1.54) is 5.01 Å². The molecule has 0 saturated carbocycles.